The molecular weight excluding hydrogens is 248 g/mol. The highest BCUT2D eigenvalue weighted by atomic mass is 16.1. The average molecular weight is 272 g/mol. The topological polar surface area (TPSA) is 44.9 Å². The Balaban J connectivity index is 1.59. The minimum absolute atomic E-state index is 0.0248. The summed E-state index contributed by atoms with van der Waals surface area (Å²) in [5.41, 5.74) is 4.09. The number of allylic oxidation sites excluding steroid dienone is 1. The third-order valence-corrected chi connectivity index (χ3v) is 4.55. The van der Waals surface area contributed by atoms with Crippen molar-refractivity contribution in [2.45, 2.75) is 57.4 Å². The maximum atomic E-state index is 11.4. The molecule has 1 aromatic heterocycles. The maximum absolute atomic E-state index is 11.4. The molecule has 0 spiro atoms. The number of nitrogens with one attached hydrogen (secondary N) is 2. The lowest BCUT2D eigenvalue weighted by atomic mass is 9.91. The van der Waals surface area contributed by atoms with Crippen molar-refractivity contribution >= 4 is 0 Å². The zero-order valence-electron chi connectivity index (χ0n) is 12.1. The van der Waals surface area contributed by atoms with Crippen molar-refractivity contribution in [2.75, 3.05) is 6.54 Å². The van der Waals surface area contributed by atoms with E-state index in [0.29, 0.717) is 6.04 Å². The van der Waals surface area contributed by atoms with Crippen LogP contribution in [0.1, 0.15) is 62.2 Å². The first-order valence-corrected chi connectivity index (χ1v) is 7.96. The molecule has 0 fully saturated rings. The molecule has 0 saturated carbocycles. The number of pyridine rings is 1. The van der Waals surface area contributed by atoms with Gasteiger partial charge in [0.15, 0.2) is 0 Å². The standard InChI is InChI=1S/C17H24N2O/c20-17-10-9-14-15(7-4-8-16(14)19-17)18-12-11-13-5-2-1-3-6-13/h5,9-10,15,18H,1-4,6-8,11-12H2,(H,19,20). The molecule has 3 rings (SSSR count). The van der Waals surface area contributed by atoms with E-state index in [4.69, 9.17) is 0 Å². The number of aromatic amines is 1. The van der Waals surface area contributed by atoms with E-state index in [1.807, 2.05) is 6.07 Å². The van der Waals surface area contributed by atoms with Crippen LogP contribution in [0.25, 0.3) is 0 Å². The highest BCUT2D eigenvalue weighted by Gasteiger charge is 2.20. The molecule has 0 bridgehead atoms. The van der Waals surface area contributed by atoms with Crippen molar-refractivity contribution in [3.8, 4) is 0 Å². The van der Waals surface area contributed by atoms with Crippen LogP contribution in [0.3, 0.4) is 0 Å². The van der Waals surface area contributed by atoms with Crippen LogP contribution in [-0.4, -0.2) is 11.5 Å². The van der Waals surface area contributed by atoms with Gasteiger partial charge in [0.05, 0.1) is 0 Å². The van der Waals surface area contributed by atoms with E-state index >= 15 is 0 Å². The highest BCUT2D eigenvalue weighted by Crippen LogP contribution is 2.27. The van der Waals surface area contributed by atoms with Crippen LogP contribution in [0.4, 0.5) is 0 Å². The first-order chi connectivity index (χ1) is 9.83. The molecule has 0 saturated heterocycles. The lowest BCUT2D eigenvalue weighted by Crippen LogP contribution is -2.28. The van der Waals surface area contributed by atoms with E-state index in [0.717, 1.165) is 25.1 Å². The first-order valence-electron chi connectivity index (χ1n) is 7.96. The van der Waals surface area contributed by atoms with E-state index in [1.165, 1.54) is 44.1 Å². The minimum atomic E-state index is 0.0248. The Bertz CT molecular complexity index is 544. The average Bonchev–Trinajstić information content (AvgIpc) is 2.48. The van der Waals surface area contributed by atoms with Gasteiger partial charge in [-0.15, -0.1) is 0 Å². The zero-order valence-corrected chi connectivity index (χ0v) is 12.1. The van der Waals surface area contributed by atoms with Crippen LogP contribution >= 0.6 is 0 Å². The molecule has 20 heavy (non-hydrogen) atoms. The smallest absolute Gasteiger partial charge is 0.248 e. The van der Waals surface area contributed by atoms with Crippen molar-refractivity contribution in [1.82, 2.24) is 10.3 Å². The van der Waals surface area contributed by atoms with Crippen molar-refractivity contribution in [3.63, 3.8) is 0 Å². The van der Waals surface area contributed by atoms with E-state index in [1.54, 1.807) is 11.6 Å². The fourth-order valence-corrected chi connectivity index (χ4v) is 3.45. The molecular formula is C17H24N2O. The van der Waals surface area contributed by atoms with Crippen LogP contribution in [0.15, 0.2) is 28.6 Å². The number of rotatable bonds is 4. The van der Waals surface area contributed by atoms with Gasteiger partial charge in [0.25, 0.3) is 0 Å². The lowest BCUT2D eigenvalue weighted by molar-refractivity contribution is 0.454. The number of aryl methyl sites for hydroxylation is 1. The van der Waals surface area contributed by atoms with E-state index in [-0.39, 0.29) is 5.56 Å². The normalized spacial score (nSPS) is 22.2. The summed E-state index contributed by atoms with van der Waals surface area (Å²) in [6.45, 7) is 1.05. The highest BCUT2D eigenvalue weighted by molar-refractivity contribution is 5.26. The zero-order chi connectivity index (χ0) is 13.8. The monoisotopic (exact) mass is 272 g/mol. The van der Waals surface area contributed by atoms with Gasteiger partial charge in [-0.05, 0) is 63.5 Å². The summed E-state index contributed by atoms with van der Waals surface area (Å²) in [5, 5.41) is 3.68. The molecule has 2 aliphatic carbocycles. The van der Waals surface area contributed by atoms with Gasteiger partial charge in [-0.1, -0.05) is 17.7 Å². The Morgan fingerprint density at radius 1 is 1.20 bits per heavy atom. The Hall–Kier alpha value is -1.35. The van der Waals surface area contributed by atoms with Gasteiger partial charge in [0.2, 0.25) is 5.56 Å². The number of hydrogen-bond donors (Lipinski definition) is 2. The molecule has 1 aromatic rings. The van der Waals surface area contributed by atoms with Crippen LogP contribution in [0.2, 0.25) is 0 Å². The van der Waals surface area contributed by atoms with Crippen LogP contribution < -0.4 is 10.9 Å². The third kappa shape index (κ3) is 3.21. The largest absolute Gasteiger partial charge is 0.326 e. The molecule has 2 N–H and O–H groups in total. The summed E-state index contributed by atoms with van der Waals surface area (Å²) in [6, 6.07) is 4.08. The van der Waals surface area contributed by atoms with Gasteiger partial charge in [0.1, 0.15) is 0 Å². The van der Waals surface area contributed by atoms with Crippen LogP contribution in [0.5, 0.6) is 0 Å². The van der Waals surface area contributed by atoms with E-state index in [2.05, 4.69) is 16.4 Å². The van der Waals surface area contributed by atoms with Crippen LogP contribution in [-0.2, 0) is 6.42 Å². The Kier molecular flexibility index (Phi) is 4.36. The summed E-state index contributed by atoms with van der Waals surface area (Å²) >= 11 is 0. The molecule has 3 heteroatoms. The number of H-pyrrole nitrogens is 1. The quantitative estimate of drug-likeness (QED) is 0.827. The van der Waals surface area contributed by atoms with Crippen LogP contribution in [0, 0.1) is 0 Å². The Labute approximate surface area is 120 Å². The Morgan fingerprint density at radius 2 is 2.15 bits per heavy atom. The van der Waals surface area contributed by atoms with Gasteiger partial charge < -0.3 is 10.3 Å². The third-order valence-electron chi connectivity index (χ3n) is 4.55. The second-order valence-corrected chi connectivity index (χ2v) is 6.01. The second kappa shape index (κ2) is 6.40. The number of hydrogen-bond acceptors (Lipinski definition) is 2. The predicted octanol–water partition coefficient (Wildman–Crippen LogP) is 3.23. The summed E-state index contributed by atoms with van der Waals surface area (Å²) < 4.78 is 0. The van der Waals surface area contributed by atoms with Gasteiger partial charge in [-0.2, -0.15) is 0 Å². The second-order valence-electron chi connectivity index (χ2n) is 6.01. The lowest BCUT2D eigenvalue weighted by Gasteiger charge is -2.26. The molecule has 3 nitrogen and oxygen atoms in total. The molecule has 108 valence electrons. The van der Waals surface area contributed by atoms with Crippen molar-refractivity contribution in [3.05, 3.63) is 45.4 Å². The van der Waals surface area contributed by atoms with Crippen molar-refractivity contribution in [2.24, 2.45) is 0 Å². The fourth-order valence-electron chi connectivity index (χ4n) is 3.45. The first kappa shape index (κ1) is 13.6. The maximum Gasteiger partial charge on any atom is 0.248 e. The van der Waals surface area contributed by atoms with Crippen molar-refractivity contribution in [1.29, 1.82) is 0 Å². The molecule has 1 atom stereocenters. The summed E-state index contributed by atoms with van der Waals surface area (Å²) in [4.78, 5) is 14.4. The van der Waals surface area contributed by atoms with E-state index < -0.39 is 0 Å². The fraction of sp³-hybridized carbons (Fsp3) is 0.588. The Morgan fingerprint density at radius 3 is 3.00 bits per heavy atom. The predicted molar refractivity (Wildman–Crippen MR) is 81.9 cm³/mol. The molecule has 1 heterocycles. The summed E-state index contributed by atoms with van der Waals surface area (Å²) in [5.74, 6) is 0. The van der Waals surface area contributed by atoms with Gasteiger partial charge in [-0.3, -0.25) is 4.79 Å². The van der Waals surface area contributed by atoms with Gasteiger partial charge >= 0.3 is 0 Å². The van der Waals surface area contributed by atoms with Gasteiger partial charge in [-0.25, -0.2) is 0 Å². The molecule has 0 radical (unpaired) electrons. The molecule has 2 aliphatic rings. The molecule has 0 aliphatic heterocycles. The van der Waals surface area contributed by atoms with Gasteiger partial charge in [0, 0.05) is 17.8 Å². The molecule has 0 amide bonds. The minimum Gasteiger partial charge on any atom is -0.326 e. The summed E-state index contributed by atoms with van der Waals surface area (Å²) in [7, 11) is 0. The summed E-state index contributed by atoms with van der Waals surface area (Å²) in [6.07, 6.45) is 12.2. The number of aromatic nitrogens is 1. The SMILES string of the molecule is O=c1ccc2c([nH]1)CCCC2NCCC1=CCCCC1. The number of fused-ring (bicyclic) bond motifs is 1. The molecule has 0 aromatic carbocycles. The van der Waals surface area contributed by atoms with E-state index in [9.17, 15) is 4.79 Å². The van der Waals surface area contributed by atoms with Crippen molar-refractivity contribution < 1.29 is 0 Å². The molecule has 1 unspecified atom stereocenters.